The predicted molar refractivity (Wildman–Crippen MR) is 81.7 cm³/mol. The number of fused-ring (bicyclic) bond motifs is 1. The van der Waals surface area contributed by atoms with Crippen LogP contribution < -0.4 is 34.7 Å². The van der Waals surface area contributed by atoms with Crippen LogP contribution >= 0.6 is 27.7 Å². The van der Waals surface area contributed by atoms with Crippen molar-refractivity contribution in [2.45, 2.75) is 34.5 Å². The molecule has 0 saturated carbocycles. The molecule has 0 bridgehead atoms. The Hall–Kier alpha value is -0.120. The maximum Gasteiger partial charge on any atom is 1.00 e. The first-order valence-electron chi connectivity index (χ1n) is 6.71. The van der Waals surface area contributed by atoms with Crippen molar-refractivity contribution in [3.63, 3.8) is 0 Å². The number of hydrogen-bond acceptors (Lipinski definition) is 6. The zero-order chi connectivity index (χ0) is 16.3. The second-order valence-electron chi connectivity index (χ2n) is 5.89. The zero-order valence-corrected chi connectivity index (χ0v) is 17.3. The van der Waals surface area contributed by atoms with Crippen LogP contribution in [0.4, 0.5) is 0 Å². The molecule has 1 N–H and O–H groups in total. The van der Waals surface area contributed by atoms with E-state index in [4.69, 9.17) is 0 Å². The van der Waals surface area contributed by atoms with E-state index in [1.165, 1.54) is 22.9 Å². The second kappa shape index (κ2) is 6.31. The summed E-state index contributed by atoms with van der Waals surface area (Å²) in [7, 11) is 0. The Morgan fingerprint density at radius 3 is 2.74 bits per heavy atom. The van der Waals surface area contributed by atoms with Gasteiger partial charge in [0.25, 0.3) is 0 Å². The molecule has 9 heteroatoms. The van der Waals surface area contributed by atoms with Crippen molar-refractivity contribution in [3.05, 3.63) is 30.1 Å². The van der Waals surface area contributed by atoms with Crippen LogP contribution in [0.15, 0.2) is 24.5 Å². The van der Waals surface area contributed by atoms with E-state index in [1.54, 1.807) is 32.2 Å². The molecule has 4 atom stereocenters. The van der Waals surface area contributed by atoms with E-state index in [-0.39, 0.29) is 29.6 Å². The molecule has 1 aromatic rings. The maximum atomic E-state index is 12.5. The summed E-state index contributed by atoms with van der Waals surface area (Å²) in [5.41, 5.74) is 0.541. The van der Waals surface area contributed by atoms with Gasteiger partial charge in [-0.15, -0.1) is 11.8 Å². The number of thioether (sulfide) groups is 1. The fourth-order valence-corrected chi connectivity index (χ4v) is 5.54. The minimum Gasteiger partial charge on any atom is -0.547 e. The Morgan fingerprint density at radius 1 is 1.57 bits per heavy atom. The number of aliphatic hydroxyl groups excluding tert-OH is 1. The van der Waals surface area contributed by atoms with Gasteiger partial charge in [0.2, 0.25) is 5.91 Å². The monoisotopic (exact) mass is 408 g/mol. The van der Waals surface area contributed by atoms with E-state index < -0.39 is 38.5 Å². The van der Waals surface area contributed by atoms with Gasteiger partial charge in [0.05, 0.1) is 28.1 Å². The summed E-state index contributed by atoms with van der Waals surface area (Å²) in [4.78, 5) is 29.3. The second-order valence-corrected chi connectivity index (χ2v) is 8.78. The topological polar surface area (TPSA) is 93.6 Å². The molecule has 3 rings (SSSR count). The summed E-state index contributed by atoms with van der Waals surface area (Å²) in [6.45, 7) is 3.47. The smallest absolute Gasteiger partial charge is 0.547 e. The first kappa shape index (κ1) is 19.2. The number of carboxylic acid groups (broad SMARTS) is 1. The standard InChI is InChI=1S/C14H15BrN2O4S.Na/c1-13(2)14(15,12(20)21)17-10(19)8(11(17)22-13)9(18)7-4-3-5-16-6-7;/h3-6,8-9,11,18H,1-2H3,(H,20,21);/q;+1/p-1/t8-,9+,11+,14-;/m0./s1. The number of nitrogens with zero attached hydrogens (tertiary/aromatic N) is 2. The van der Waals surface area contributed by atoms with E-state index in [2.05, 4.69) is 20.9 Å². The molecule has 0 aliphatic carbocycles. The number of aromatic nitrogens is 1. The quantitative estimate of drug-likeness (QED) is 0.252. The van der Waals surface area contributed by atoms with Gasteiger partial charge < -0.3 is 19.9 Å². The van der Waals surface area contributed by atoms with Gasteiger partial charge in [-0.2, -0.15) is 0 Å². The Kier molecular flexibility index (Phi) is 5.27. The van der Waals surface area contributed by atoms with Crippen LogP contribution in [0, 0.1) is 5.92 Å². The Bertz CT molecular complexity index is 647. The number of hydrogen-bond donors (Lipinski definition) is 1. The molecule has 23 heavy (non-hydrogen) atoms. The third-order valence-corrected chi connectivity index (χ3v) is 7.86. The molecule has 2 aliphatic rings. The molecule has 0 aromatic carbocycles. The zero-order valence-electron chi connectivity index (χ0n) is 12.9. The molecule has 1 amide bonds. The summed E-state index contributed by atoms with van der Waals surface area (Å²) in [6.07, 6.45) is 2.08. The number of carbonyl (C=O) groups is 2. The maximum absolute atomic E-state index is 12.5. The van der Waals surface area contributed by atoms with E-state index in [9.17, 15) is 19.8 Å². The first-order chi connectivity index (χ1) is 10.2. The summed E-state index contributed by atoms with van der Waals surface area (Å²) in [5.74, 6) is -2.44. The number of aliphatic hydroxyl groups is 1. The van der Waals surface area contributed by atoms with Crippen molar-refractivity contribution in [3.8, 4) is 0 Å². The number of carboxylic acids is 1. The molecule has 6 nitrogen and oxygen atoms in total. The molecule has 3 heterocycles. The van der Waals surface area contributed by atoms with Gasteiger partial charge in [0, 0.05) is 12.4 Å². The molecule has 0 unspecified atom stereocenters. The summed E-state index contributed by atoms with van der Waals surface area (Å²) in [6, 6.07) is 3.37. The van der Waals surface area contributed by atoms with Crippen LogP contribution in [-0.2, 0) is 9.59 Å². The number of aliphatic carboxylic acids is 1. The van der Waals surface area contributed by atoms with Crippen molar-refractivity contribution >= 4 is 39.6 Å². The Morgan fingerprint density at radius 2 is 2.22 bits per heavy atom. The van der Waals surface area contributed by atoms with E-state index >= 15 is 0 Å². The number of halogens is 1. The van der Waals surface area contributed by atoms with E-state index in [1.807, 2.05) is 0 Å². The minimum atomic E-state index is -1.57. The van der Waals surface area contributed by atoms with Crippen LogP contribution in [0.3, 0.4) is 0 Å². The molecule has 2 aliphatic heterocycles. The molecule has 118 valence electrons. The van der Waals surface area contributed by atoms with Crippen molar-refractivity contribution in [1.82, 2.24) is 9.88 Å². The Labute approximate surface area is 168 Å². The largest absolute Gasteiger partial charge is 1.00 e. The number of amides is 1. The van der Waals surface area contributed by atoms with Crippen molar-refractivity contribution < 1.29 is 49.4 Å². The van der Waals surface area contributed by atoms with Gasteiger partial charge in [-0.05, 0) is 25.5 Å². The predicted octanol–water partition coefficient (Wildman–Crippen LogP) is -2.73. The fraction of sp³-hybridized carbons (Fsp3) is 0.500. The normalized spacial score (nSPS) is 32.5. The molecule has 2 fully saturated rings. The third kappa shape index (κ3) is 2.58. The number of alkyl halides is 1. The number of carbonyl (C=O) groups excluding carboxylic acids is 2. The average Bonchev–Trinajstić information content (AvgIpc) is 2.65. The van der Waals surface area contributed by atoms with Crippen LogP contribution in [0.25, 0.3) is 0 Å². The van der Waals surface area contributed by atoms with Gasteiger partial charge in [-0.1, -0.05) is 22.0 Å². The minimum absolute atomic E-state index is 0. The van der Waals surface area contributed by atoms with Crippen LogP contribution in [0.5, 0.6) is 0 Å². The molecular weight excluding hydrogens is 395 g/mol. The van der Waals surface area contributed by atoms with Gasteiger partial charge in [-0.25, -0.2) is 0 Å². The molecule has 0 spiro atoms. The summed E-state index contributed by atoms with van der Waals surface area (Å²) < 4.78 is -2.35. The molecule has 2 saturated heterocycles. The number of pyridine rings is 1. The van der Waals surface area contributed by atoms with Crippen molar-refractivity contribution in [2.24, 2.45) is 5.92 Å². The number of rotatable bonds is 3. The Balaban J connectivity index is 0.00000192. The van der Waals surface area contributed by atoms with Crippen LogP contribution in [0.2, 0.25) is 0 Å². The molecular formula is C14H14BrN2NaO4S. The molecule has 1 aromatic heterocycles. The number of β-lactam (4-membered cyclic amide) rings is 1. The average molecular weight is 409 g/mol. The summed E-state index contributed by atoms with van der Waals surface area (Å²) in [5, 5.41) is 21.6. The van der Waals surface area contributed by atoms with Crippen LogP contribution in [-0.4, -0.2) is 41.4 Å². The van der Waals surface area contributed by atoms with Gasteiger partial charge in [0.15, 0.2) is 4.45 Å². The summed E-state index contributed by atoms with van der Waals surface area (Å²) >= 11 is 4.54. The first-order valence-corrected chi connectivity index (χ1v) is 8.38. The van der Waals surface area contributed by atoms with Gasteiger partial charge in [0.1, 0.15) is 0 Å². The van der Waals surface area contributed by atoms with E-state index in [0.29, 0.717) is 5.56 Å². The van der Waals surface area contributed by atoms with Crippen molar-refractivity contribution in [2.75, 3.05) is 0 Å². The van der Waals surface area contributed by atoms with Gasteiger partial charge in [-0.3, -0.25) is 9.78 Å². The van der Waals surface area contributed by atoms with Crippen LogP contribution in [0.1, 0.15) is 25.5 Å². The van der Waals surface area contributed by atoms with Crippen molar-refractivity contribution in [1.29, 1.82) is 0 Å². The van der Waals surface area contributed by atoms with E-state index in [0.717, 1.165) is 0 Å². The third-order valence-electron chi connectivity index (χ3n) is 4.27. The SMILES string of the molecule is CC1(C)S[C@@H]2[C@@H]([C@H](O)c3cccnc3)C(=O)N2[C@@]1(Br)C(=O)[O-].[Na+]. The van der Waals surface area contributed by atoms with Gasteiger partial charge >= 0.3 is 29.6 Å². The molecule has 0 radical (unpaired) electrons. The fourth-order valence-electron chi connectivity index (χ4n) is 3.00.